The van der Waals surface area contributed by atoms with Gasteiger partial charge in [0.25, 0.3) is 0 Å². The average molecular weight is 270 g/mol. The summed E-state index contributed by atoms with van der Waals surface area (Å²) in [5, 5.41) is 10.5. The molecule has 0 aromatic heterocycles. The standard InChI is InChI=1S/C16H30O3/c1-13-8-10-16(18-2,11-9-13)15(17)7-3-5-14-6-4-12-19-14/h13-15,17H,3-12H2,1-2H3. The second-order valence-corrected chi connectivity index (χ2v) is 6.53. The molecule has 1 saturated carbocycles. The Bertz CT molecular complexity index is 253. The Morgan fingerprint density at radius 2 is 2.05 bits per heavy atom. The van der Waals surface area contributed by atoms with Gasteiger partial charge < -0.3 is 14.6 Å². The number of hydrogen-bond donors (Lipinski definition) is 1. The quantitative estimate of drug-likeness (QED) is 0.805. The fraction of sp³-hybridized carbons (Fsp3) is 1.00. The SMILES string of the molecule is COC1(C(O)CCCC2CCCO2)CCC(C)CC1. The number of rotatable bonds is 6. The van der Waals surface area contributed by atoms with Crippen molar-refractivity contribution in [1.82, 2.24) is 0 Å². The average Bonchev–Trinajstić information content (AvgIpc) is 2.93. The van der Waals surface area contributed by atoms with E-state index >= 15 is 0 Å². The maximum absolute atomic E-state index is 10.5. The third-order valence-electron chi connectivity index (χ3n) is 5.16. The molecule has 2 rings (SSSR count). The molecule has 19 heavy (non-hydrogen) atoms. The zero-order valence-corrected chi connectivity index (χ0v) is 12.6. The van der Waals surface area contributed by atoms with Gasteiger partial charge in [-0.05, 0) is 63.7 Å². The molecule has 0 spiro atoms. The Labute approximate surface area is 117 Å². The molecule has 1 saturated heterocycles. The largest absolute Gasteiger partial charge is 0.390 e. The highest BCUT2D eigenvalue weighted by Crippen LogP contribution is 2.38. The van der Waals surface area contributed by atoms with E-state index in [1.165, 1.54) is 25.7 Å². The number of methoxy groups -OCH3 is 1. The number of hydrogen-bond acceptors (Lipinski definition) is 3. The van der Waals surface area contributed by atoms with Crippen LogP contribution >= 0.6 is 0 Å². The van der Waals surface area contributed by atoms with Crippen molar-refractivity contribution < 1.29 is 14.6 Å². The monoisotopic (exact) mass is 270 g/mol. The highest BCUT2D eigenvalue weighted by atomic mass is 16.5. The van der Waals surface area contributed by atoms with E-state index in [0.29, 0.717) is 6.10 Å². The van der Waals surface area contributed by atoms with Gasteiger partial charge in [-0.1, -0.05) is 6.92 Å². The maximum Gasteiger partial charge on any atom is 0.0936 e. The van der Waals surface area contributed by atoms with Gasteiger partial charge in [0, 0.05) is 13.7 Å². The Morgan fingerprint density at radius 3 is 2.63 bits per heavy atom. The van der Waals surface area contributed by atoms with Gasteiger partial charge in [0.05, 0.1) is 17.8 Å². The highest BCUT2D eigenvalue weighted by molar-refractivity contribution is 4.92. The first-order valence-electron chi connectivity index (χ1n) is 8.01. The van der Waals surface area contributed by atoms with Gasteiger partial charge in [0.1, 0.15) is 0 Å². The van der Waals surface area contributed by atoms with E-state index in [-0.39, 0.29) is 11.7 Å². The Kier molecular flexibility index (Phi) is 5.67. The van der Waals surface area contributed by atoms with Gasteiger partial charge in [-0.25, -0.2) is 0 Å². The van der Waals surface area contributed by atoms with Gasteiger partial charge in [-0.2, -0.15) is 0 Å². The molecular weight excluding hydrogens is 240 g/mol. The molecule has 2 unspecified atom stereocenters. The van der Waals surface area contributed by atoms with Crippen molar-refractivity contribution in [2.45, 2.75) is 82.5 Å². The summed E-state index contributed by atoms with van der Waals surface area (Å²) in [6.07, 6.45) is 9.88. The van der Waals surface area contributed by atoms with Crippen LogP contribution in [0.25, 0.3) is 0 Å². The zero-order valence-electron chi connectivity index (χ0n) is 12.6. The first kappa shape index (κ1) is 15.3. The van der Waals surface area contributed by atoms with E-state index < -0.39 is 0 Å². The predicted molar refractivity (Wildman–Crippen MR) is 76.2 cm³/mol. The van der Waals surface area contributed by atoms with E-state index in [9.17, 15) is 5.11 Å². The summed E-state index contributed by atoms with van der Waals surface area (Å²) in [5.41, 5.74) is -0.275. The van der Waals surface area contributed by atoms with Crippen LogP contribution in [0.1, 0.15) is 64.7 Å². The topological polar surface area (TPSA) is 38.7 Å². The lowest BCUT2D eigenvalue weighted by atomic mass is 9.75. The third-order valence-corrected chi connectivity index (χ3v) is 5.16. The van der Waals surface area contributed by atoms with Crippen LogP contribution in [0.5, 0.6) is 0 Å². The van der Waals surface area contributed by atoms with Gasteiger partial charge >= 0.3 is 0 Å². The summed E-state index contributed by atoms with van der Waals surface area (Å²) in [6.45, 7) is 3.22. The molecule has 3 nitrogen and oxygen atoms in total. The zero-order chi connectivity index (χ0) is 13.7. The van der Waals surface area contributed by atoms with E-state index in [1.807, 2.05) is 0 Å². The van der Waals surface area contributed by atoms with Crippen LogP contribution in [0.15, 0.2) is 0 Å². The van der Waals surface area contributed by atoms with Crippen LogP contribution in [0.4, 0.5) is 0 Å². The first-order chi connectivity index (χ1) is 9.16. The Morgan fingerprint density at radius 1 is 1.32 bits per heavy atom. The summed E-state index contributed by atoms with van der Waals surface area (Å²) in [6, 6.07) is 0. The van der Waals surface area contributed by atoms with Gasteiger partial charge in [0.15, 0.2) is 0 Å². The number of aliphatic hydroxyl groups is 1. The maximum atomic E-state index is 10.5. The molecule has 2 fully saturated rings. The molecule has 0 bridgehead atoms. The fourth-order valence-electron chi connectivity index (χ4n) is 3.60. The lowest BCUT2D eigenvalue weighted by molar-refractivity contribution is -0.131. The summed E-state index contributed by atoms with van der Waals surface area (Å²) < 4.78 is 11.4. The van der Waals surface area contributed by atoms with E-state index in [2.05, 4.69) is 6.92 Å². The van der Waals surface area contributed by atoms with E-state index in [1.54, 1.807) is 7.11 Å². The molecule has 0 amide bonds. The van der Waals surface area contributed by atoms with Crippen molar-refractivity contribution >= 4 is 0 Å². The molecule has 112 valence electrons. The second-order valence-electron chi connectivity index (χ2n) is 6.53. The molecule has 2 atom stereocenters. The van der Waals surface area contributed by atoms with Crippen molar-refractivity contribution in [2.24, 2.45) is 5.92 Å². The van der Waals surface area contributed by atoms with Gasteiger partial charge in [-0.3, -0.25) is 0 Å². The van der Waals surface area contributed by atoms with Crippen molar-refractivity contribution in [2.75, 3.05) is 13.7 Å². The summed E-state index contributed by atoms with van der Waals surface area (Å²) in [7, 11) is 1.76. The van der Waals surface area contributed by atoms with Crippen molar-refractivity contribution in [3.05, 3.63) is 0 Å². The van der Waals surface area contributed by atoms with Crippen molar-refractivity contribution in [3.8, 4) is 0 Å². The summed E-state index contributed by atoms with van der Waals surface area (Å²) in [4.78, 5) is 0. The van der Waals surface area contributed by atoms with Crippen LogP contribution < -0.4 is 0 Å². The molecule has 2 aliphatic rings. The number of ether oxygens (including phenoxy) is 2. The molecule has 1 aliphatic heterocycles. The highest BCUT2D eigenvalue weighted by Gasteiger charge is 2.40. The Hall–Kier alpha value is -0.120. The molecule has 1 aliphatic carbocycles. The lowest BCUT2D eigenvalue weighted by Crippen LogP contribution is -2.46. The first-order valence-corrected chi connectivity index (χ1v) is 8.01. The molecule has 3 heteroatoms. The van der Waals surface area contributed by atoms with Crippen LogP contribution in [0.2, 0.25) is 0 Å². The lowest BCUT2D eigenvalue weighted by Gasteiger charge is -2.41. The smallest absolute Gasteiger partial charge is 0.0936 e. The minimum Gasteiger partial charge on any atom is -0.390 e. The second kappa shape index (κ2) is 7.05. The number of aliphatic hydroxyl groups excluding tert-OH is 1. The minimum atomic E-state index is -0.314. The van der Waals surface area contributed by atoms with Gasteiger partial charge in [0.2, 0.25) is 0 Å². The molecule has 0 radical (unpaired) electrons. The third kappa shape index (κ3) is 3.93. The molecule has 1 N–H and O–H groups in total. The van der Waals surface area contributed by atoms with Crippen LogP contribution in [-0.4, -0.2) is 36.6 Å². The molecule has 0 aromatic rings. The Balaban J connectivity index is 1.74. The van der Waals surface area contributed by atoms with Crippen LogP contribution in [0.3, 0.4) is 0 Å². The van der Waals surface area contributed by atoms with E-state index in [0.717, 1.165) is 44.6 Å². The molecular formula is C16H30O3. The normalized spacial score (nSPS) is 37.4. The summed E-state index contributed by atoms with van der Waals surface area (Å²) >= 11 is 0. The van der Waals surface area contributed by atoms with E-state index in [4.69, 9.17) is 9.47 Å². The fourth-order valence-corrected chi connectivity index (χ4v) is 3.60. The van der Waals surface area contributed by atoms with Crippen LogP contribution in [0, 0.1) is 5.92 Å². The van der Waals surface area contributed by atoms with Crippen LogP contribution in [-0.2, 0) is 9.47 Å². The van der Waals surface area contributed by atoms with Gasteiger partial charge in [-0.15, -0.1) is 0 Å². The predicted octanol–water partition coefficient (Wildman–Crippen LogP) is 3.29. The summed E-state index contributed by atoms with van der Waals surface area (Å²) in [5.74, 6) is 0.780. The van der Waals surface area contributed by atoms with Crippen molar-refractivity contribution in [3.63, 3.8) is 0 Å². The van der Waals surface area contributed by atoms with Crippen molar-refractivity contribution in [1.29, 1.82) is 0 Å². The minimum absolute atomic E-state index is 0.275. The molecule has 1 heterocycles. The molecule has 0 aromatic carbocycles.